The van der Waals surface area contributed by atoms with E-state index in [1.807, 2.05) is 6.92 Å². The number of nitrogens with zero attached hydrogens (tertiary/aromatic N) is 2. The number of Topliss-reactive ketones (excluding diaryl/α,β-unsaturated/α-hetero) is 1. The van der Waals surface area contributed by atoms with Crippen LogP contribution in [-0.4, -0.2) is 27.8 Å². The number of hydrogen-bond donors (Lipinski definition) is 0. The van der Waals surface area contributed by atoms with Crippen LogP contribution in [0.25, 0.3) is 0 Å². The fraction of sp³-hybridized carbons (Fsp3) is 0.667. The van der Waals surface area contributed by atoms with Crippen molar-refractivity contribution < 1.29 is 9.53 Å². The lowest BCUT2D eigenvalue weighted by Crippen LogP contribution is -2.36. The zero-order chi connectivity index (χ0) is 12.5. The van der Waals surface area contributed by atoms with Gasteiger partial charge >= 0.3 is 0 Å². The van der Waals surface area contributed by atoms with E-state index < -0.39 is 5.60 Å². The highest BCUT2D eigenvalue weighted by molar-refractivity contribution is 9.10. The molecule has 2 rings (SSSR count). The number of hydrogen-bond acceptors (Lipinski definition) is 3. The van der Waals surface area contributed by atoms with Crippen LogP contribution in [0, 0.1) is 0 Å². The van der Waals surface area contributed by atoms with E-state index in [0.717, 1.165) is 30.3 Å². The fourth-order valence-electron chi connectivity index (χ4n) is 2.18. The van der Waals surface area contributed by atoms with Crippen LogP contribution in [0.3, 0.4) is 0 Å². The first kappa shape index (κ1) is 12.8. The van der Waals surface area contributed by atoms with Crippen molar-refractivity contribution in [1.29, 1.82) is 0 Å². The van der Waals surface area contributed by atoms with Crippen LogP contribution in [0.15, 0.2) is 10.7 Å². The molecule has 1 aliphatic heterocycles. The molecule has 1 aromatic heterocycles. The van der Waals surface area contributed by atoms with Crippen molar-refractivity contribution in [1.82, 2.24) is 9.78 Å². The average Bonchev–Trinajstić information content (AvgIpc) is 2.87. The molecule has 0 saturated carbocycles. The van der Waals surface area contributed by atoms with Crippen molar-refractivity contribution in [3.05, 3.63) is 16.4 Å². The predicted molar refractivity (Wildman–Crippen MR) is 68.1 cm³/mol. The summed E-state index contributed by atoms with van der Waals surface area (Å²) in [5, 5.41) is 4.22. The monoisotopic (exact) mass is 300 g/mol. The van der Waals surface area contributed by atoms with Gasteiger partial charge in [0, 0.05) is 13.2 Å². The zero-order valence-electron chi connectivity index (χ0n) is 10.2. The largest absolute Gasteiger partial charge is 0.367 e. The van der Waals surface area contributed by atoms with Gasteiger partial charge in [-0.25, -0.2) is 0 Å². The van der Waals surface area contributed by atoms with Gasteiger partial charge < -0.3 is 4.74 Å². The van der Waals surface area contributed by atoms with E-state index in [0.29, 0.717) is 12.3 Å². The summed E-state index contributed by atoms with van der Waals surface area (Å²) in [4.78, 5) is 12.5. The second-order valence-corrected chi connectivity index (χ2v) is 5.43. The predicted octanol–water partition coefficient (Wildman–Crippen LogP) is 2.81. The van der Waals surface area contributed by atoms with E-state index in [1.165, 1.54) is 0 Å². The van der Waals surface area contributed by atoms with Crippen LogP contribution in [-0.2, 0) is 11.3 Å². The number of carbonyl (C=O) groups excluding carboxylic acids is 1. The molecular weight excluding hydrogens is 284 g/mol. The van der Waals surface area contributed by atoms with Gasteiger partial charge in [-0.05, 0) is 42.1 Å². The number of aryl methyl sites for hydroxylation is 1. The lowest BCUT2D eigenvalue weighted by atomic mass is 9.95. The summed E-state index contributed by atoms with van der Waals surface area (Å²) in [7, 11) is 0. The normalized spacial score (nSPS) is 24.2. The molecule has 1 unspecified atom stereocenters. The topological polar surface area (TPSA) is 44.1 Å². The summed E-state index contributed by atoms with van der Waals surface area (Å²) >= 11 is 3.40. The summed E-state index contributed by atoms with van der Waals surface area (Å²) in [6.07, 6.45) is 4.37. The maximum Gasteiger partial charge on any atom is 0.213 e. The zero-order valence-corrected chi connectivity index (χ0v) is 11.8. The average molecular weight is 301 g/mol. The number of ether oxygens (including phenoxy) is 1. The number of ketones is 1. The number of carbonyl (C=O) groups is 1. The third kappa shape index (κ3) is 2.31. The highest BCUT2D eigenvalue weighted by atomic mass is 79.9. The van der Waals surface area contributed by atoms with Crippen LogP contribution < -0.4 is 0 Å². The molecule has 5 heteroatoms. The van der Waals surface area contributed by atoms with Crippen molar-refractivity contribution >= 4 is 21.7 Å². The molecule has 2 heterocycles. The minimum absolute atomic E-state index is 0.0350. The first-order chi connectivity index (χ1) is 8.08. The van der Waals surface area contributed by atoms with Gasteiger partial charge in [-0.2, -0.15) is 5.10 Å². The summed E-state index contributed by atoms with van der Waals surface area (Å²) in [5.41, 5.74) is -0.0372. The highest BCUT2D eigenvalue weighted by Gasteiger charge is 2.40. The molecule has 0 spiro atoms. The van der Waals surface area contributed by atoms with Crippen molar-refractivity contribution in [3.63, 3.8) is 0 Å². The van der Waals surface area contributed by atoms with Gasteiger partial charge in [0.15, 0.2) is 0 Å². The van der Waals surface area contributed by atoms with Gasteiger partial charge in [0.25, 0.3) is 0 Å². The van der Waals surface area contributed by atoms with Crippen LogP contribution >= 0.6 is 15.9 Å². The highest BCUT2D eigenvalue weighted by Crippen LogP contribution is 2.31. The molecule has 0 radical (unpaired) electrons. The van der Waals surface area contributed by atoms with Gasteiger partial charge in [0.05, 0.1) is 10.7 Å². The summed E-state index contributed by atoms with van der Waals surface area (Å²) in [5.74, 6) is 0.0350. The molecule has 4 nitrogen and oxygen atoms in total. The molecule has 1 aliphatic rings. The Kier molecular flexibility index (Phi) is 3.68. The minimum Gasteiger partial charge on any atom is -0.367 e. The second-order valence-electron chi connectivity index (χ2n) is 4.58. The van der Waals surface area contributed by atoms with Crippen molar-refractivity contribution in [2.75, 3.05) is 6.61 Å². The van der Waals surface area contributed by atoms with Crippen molar-refractivity contribution in [2.24, 2.45) is 0 Å². The summed E-state index contributed by atoms with van der Waals surface area (Å²) in [6, 6.07) is 0. The quantitative estimate of drug-likeness (QED) is 0.803. The van der Waals surface area contributed by atoms with Gasteiger partial charge in [-0.15, -0.1) is 0 Å². The fourth-order valence-corrected chi connectivity index (χ4v) is 2.65. The third-order valence-corrected chi connectivity index (χ3v) is 3.72. The molecule has 0 amide bonds. The molecule has 0 aromatic carbocycles. The first-order valence-corrected chi connectivity index (χ1v) is 6.78. The Morgan fingerprint density at radius 2 is 2.47 bits per heavy atom. The van der Waals surface area contributed by atoms with E-state index in [9.17, 15) is 4.79 Å². The molecule has 1 fully saturated rings. The van der Waals surface area contributed by atoms with Crippen molar-refractivity contribution in [2.45, 2.75) is 45.3 Å². The number of halogens is 1. The molecule has 1 saturated heterocycles. The Bertz CT molecular complexity index is 422. The number of aromatic nitrogens is 2. The molecule has 94 valence electrons. The van der Waals surface area contributed by atoms with Gasteiger partial charge in [0.1, 0.15) is 11.3 Å². The third-order valence-electron chi connectivity index (χ3n) is 3.14. The Morgan fingerprint density at radius 3 is 3.06 bits per heavy atom. The van der Waals surface area contributed by atoms with Crippen LogP contribution in [0.2, 0.25) is 0 Å². The van der Waals surface area contributed by atoms with E-state index in [2.05, 4.69) is 28.0 Å². The van der Waals surface area contributed by atoms with E-state index in [1.54, 1.807) is 10.9 Å². The molecule has 1 aromatic rings. The van der Waals surface area contributed by atoms with E-state index >= 15 is 0 Å². The Morgan fingerprint density at radius 1 is 1.71 bits per heavy atom. The Balaban J connectivity index is 2.32. The molecule has 17 heavy (non-hydrogen) atoms. The van der Waals surface area contributed by atoms with Gasteiger partial charge in [0.2, 0.25) is 5.78 Å². The molecule has 0 bridgehead atoms. The van der Waals surface area contributed by atoms with Crippen molar-refractivity contribution in [3.8, 4) is 0 Å². The van der Waals surface area contributed by atoms with Crippen LogP contribution in [0.4, 0.5) is 0 Å². The minimum atomic E-state index is -0.673. The first-order valence-electron chi connectivity index (χ1n) is 5.98. The summed E-state index contributed by atoms with van der Waals surface area (Å²) in [6.45, 7) is 5.36. The molecule has 0 aliphatic carbocycles. The van der Waals surface area contributed by atoms with Crippen LogP contribution in [0.5, 0.6) is 0 Å². The van der Waals surface area contributed by atoms with Crippen LogP contribution in [0.1, 0.15) is 43.6 Å². The summed E-state index contributed by atoms with van der Waals surface area (Å²) < 4.78 is 8.12. The van der Waals surface area contributed by atoms with E-state index in [4.69, 9.17) is 4.74 Å². The smallest absolute Gasteiger partial charge is 0.213 e. The Hall–Kier alpha value is -0.680. The SMILES string of the molecule is CCCn1ncc(Br)c1C(=O)C1(C)CCCO1. The molecular formula is C12H17BrN2O2. The van der Waals surface area contributed by atoms with Gasteiger partial charge in [-0.3, -0.25) is 9.48 Å². The lowest BCUT2D eigenvalue weighted by Gasteiger charge is -2.22. The maximum absolute atomic E-state index is 12.5. The number of rotatable bonds is 4. The standard InChI is InChI=1S/C12H17BrN2O2/c1-3-6-15-10(9(13)8-14-15)11(16)12(2)5-4-7-17-12/h8H,3-7H2,1-2H3. The Labute approximate surface area is 109 Å². The lowest BCUT2D eigenvalue weighted by molar-refractivity contribution is 0.0203. The maximum atomic E-state index is 12.5. The van der Waals surface area contributed by atoms with E-state index in [-0.39, 0.29) is 5.78 Å². The van der Waals surface area contributed by atoms with Gasteiger partial charge in [-0.1, -0.05) is 6.92 Å². The molecule has 1 atom stereocenters. The molecule has 0 N–H and O–H groups in total. The second kappa shape index (κ2) is 4.90.